The Labute approximate surface area is 126 Å². The number of nitrogens with one attached hydrogen (secondary N) is 1. The normalized spacial score (nSPS) is 10.4. The molecule has 0 saturated heterocycles. The summed E-state index contributed by atoms with van der Waals surface area (Å²) in [6.45, 7) is 2.13. The Balaban J connectivity index is 1.92. The van der Waals surface area contributed by atoms with Crippen LogP contribution in [0.2, 0.25) is 5.02 Å². The lowest BCUT2D eigenvalue weighted by Gasteiger charge is -2.09. The molecule has 0 saturated carbocycles. The SMILES string of the molecule is Cc1c(Cl)cccc1NC(=O)CCn1ccc(C(=O)O)n1. The van der Waals surface area contributed by atoms with Crippen molar-refractivity contribution in [3.8, 4) is 0 Å². The van der Waals surface area contributed by atoms with Crippen LogP contribution in [0.15, 0.2) is 30.5 Å². The van der Waals surface area contributed by atoms with E-state index in [0.717, 1.165) is 5.56 Å². The van der Waals surface area contributed by atoms with E-state index in [1.54, 1.807) is 18.2 Å². The first-order valence-electron chi connectivity index (χ1n) is 6.29. The summed E-state index contributed by atoms with van der Waals surface area (Å²) in [6.07, 6.45) is 1.72. The number of halogens is 1. The van der Waals surface area contributed by atoms with Gasteiger partial charge in [0.1, 0.15) is 0 Å². The molecule has 1 heterocycles. The zero-order valence-electron chi connectivity index (χ0n) is 11.3. The number of carboxylic acid groups (broad SMARTS) is 1. The van der Waals surface area contributed by atoms with Gasteiger partial charge in [-0.25, -0.2) is 4.79 Å². The minimum absolute atomic E-state index is 0.0407. The predicted molar refractivity (Wildman–Crippen MR) is 78.6 cm³/mol. The molecular weight excluding hydrogens is 294 g/mol. The maximum Gasteiger partial charge on any atom is 0.356 e. The van der Waals surface area contributed by atoms with Crippen molar-refractivity contribution in [1.82, 2.24) is 9.78 Å². The highest BCUT2D eigenvalue weighted by molar-refractivity contribution is 6.31. The van der Waals surface area contributed by atoms with Crippen LogP contribution in [0.3, 0.4) is 0 Å². The molecule has 7 heteroatoms. The van der Waals surface area contributed by atoms with Gasteiger partial charge in [0.2, 0.25) is 5.91 Å². The van der Waals surface area contributed by atoms with E-state index in [9.17, 15) is 9.59 Å². The number of rotatable bonds is 5. The average molecular weight is 308 g/mol. The van der Waals surface area contributed by atoms with Crippen LogP contribution in [-0.4, -0.2) is 26.8 Å². The average Bonchev–Trinajstić information content (AvgIpc) is 2.91. The van der Waals surface area contributed by atoms with Crippen LogP contribution < -0.4 is 5.32 Å². The van der Waals surface area contributed by atoms with Crippen LogP contribution >= 0.6 is 11.6 Å². The second-order valence-corrected chi connectivity index (χ2v) is 4.89. The molecule has 0 aliphatic rings. The number of benzene rings is 1. The maximum absolute atomic E-state index is 11.9. The van der Waals surface area contributed by atoms with Gasteiger partial charge in [-0.2, -0.15) is 5.10 Å². The topological polar surface area (TPSA) is 84.2 Å². The highest BCUT2D eigenvalue weighted by Gasteiger charge is 2.09. The van der Waals surface area contributed by atoms with Gasteiger partial charge in [0.15, 0.2) is 5.69 Å². The molecule has 2 aromatic rings. The van der Waals surface area contributed by atoms with Crippen molar-refractivity contribution in [2.24, 2.45) is 0 Å². The fourth-order valence-corrected chi connectivity index (χ4v) is 1.95. The molecule has 0 aliphatic carbocycles. The Kier molecular flexibility index (Phi) is 4.59. The van der Waals surface area contributed by atoms with Crippen molar-refractivity contribution < 1.29 is 14.7 Å². The summed E-state index contributed by atoms with van der Waals surface area (Å²) in [6, 6.07) is 6.68. The molecule has 2 rings (SSSR count). The van der Waals surface area contributed by atoms with E-state index in [1.807, 2.05) is 6.92 Å². The number of amides is 1. The molecule has 0 fully saturated rings. The van der Waals surface area contributed by atoms with E-state index in [0.29, 0.717) is 17.3 Å². The molecule has 110 valence electrons. The minimum Gasteiger partial charge on any atom is -0.476 e. The van der Waals surface area contributed by atoms with E-state index >= 15 is 0 Å². The summed E-state index contributed by atoms with van der Waals surface area (Å²) in [4.78, 5) is 22.6. The number of hydrogen-bond acceptors (Lipinski definition) is 3. The van der Waals surface area contributed by atoms with Gasteiger partial charge in [0.05, 0.1) is 0 Å². The van der Waals surface area contributed by atoms with Gasteiger partial charge in [-0.15, -0.1) is 0 Å². The van der Waals surface area contributed by atoms with Crippen molar-refractivity contribution in [1.29, 1.82) is 0 Å². The van der Waals surface area contributed by atoms with Crippen LogP contribution in [0.5, 0.6) is 0 Å². The lowest BCUT2D eigenvalue weighted by Crippen LogP contribution is -2.15. The molecule has 0 atom stereocenters. The number of carboxylic acids is 1. The van der Waals surface area contributed by atoms with Gasteiger partial charge in [-0.05, 0) is 30.7 Å². The molecule has 6 nitrogen and oxygen atoms in total. The third-order valence-corrected chi connectivity index (χ3v) is 3.38. The maximum atomic E-state index is 11.9. The van der Waals surface area contributed by atoms with Gasteiger partial charge in [0.25, 0.3) is 0 Å². The minimum atomic E-state index is -1.09. The molecule has 1 aromatic heterocycles. The fraction of sp³-hybridized carbons (Fsp3) is 0.214. The lowest BCUT2D eigenvalue weighted by molar-refractivity contribution is -0.116. The molecule has 2 N–H and O–H groups in total. The first-order valence-corrected chi connectivity index (χ1v) is 6.67. The van der Waals surface area contributed by atoms with E-state index in [4.69, 9.17) is 16.7 Å². The van der Waals surface area contributed by atoms with Crippen LogP contribution in [0, 0.1) is 6.92 Å². The molecule has 0 radical (unpaired) electrons. The number of carbonyl (C=O) groups is 2. The summed E-state index contributed by atoms with van der Waals surface area (Å²) in [7, 11) is 0. The lowest BCUT2D eigenvalue weighted by atomic mass is 10.2. The van der Waals surface area contributed by atoms with E-state index in [1.165, 1.54) is 16.9 Å². The van der Waals surface area contributed by atoms with Crippen molar-refractivity contribution in [3.63, 3.8) is 0 Å². The number of nitrogens with zero attached hydrogens (tertiary/aromatic N) is 2. The molecule has 21 heavy (non-hydrogen) atoms. The summed E-state index contributed by atoms with van der Waals surface area (Å²) in [5.41, 5.74) is 1.43. The van der Waals surface area contributed by atoms with Crippen LogP contribution in [0.1, 0.15) is 22.5 Å². The number of anilines is 1. The zero-order chi connectivity index (χ0) is 15.4. The monoisotopic (exact) mass is 307 g/mol. The largest absolute Gasteiger partial charge is 0.476 e. The quantitative estimate of drug-likeness (QED) is 0.889. The van der Waals surface area contributed by atoms with E-state index in [-0.39, 0.29) is 18.0 Å². The summed E-state index contributed by atoms with van der Waals surface area (Å²) in [5, 5.41) is 16.0. The second-order valence-electron chi connectivity index (χ2n) is 4.48. The Morgan fingerprint density at radius 1 is 1.38 bits per heavy atom. The fourth-order valence-electron chi connectivity index (χ4n) is 1.77. The third-order valence-electron chi connectivity index (χ3n) is 2.97. The highest BCUT2D eigenvalue weighted by Crippen LogP contribution is 2.22. The second kappa shape index (κ2) is 6.41. The van der Waals surface area contributed by atoms with Crippen LogP contribution in [0.4, 0.5) is 5.69 Å². The van der Waals surface area contributed by atoms with Gasteiger partial charge >= 0.3 is 5.97 Å². The molecule has 1 aromatic carbocycles. The Morgan fingerprint density at radius 2 is 2.14 bits per heavy atom. The summed E-state index contributed by atoms with van der Waals surface area (Å²) >= 11 is 5.98. The molecule has 0 unspecified atom stereocenters. The van der Waals surface area contributed by atoms with Crippen LogP contribution in [-0.2, 0) is 11.3 Å². The van der Waals surface area contributed by atoms with Gasteiger partial charge in [-0.3, -0.25) is 9.48 Å². The number of carbonyl (C=O) groups excluding carboxylic acids is 1. The first kappa shape index (κ1) is 15.1. The molecule has 0 aliphatic heterocycles. The molecular formula is C14H14ClN3O3. The molecule has 1 amide bonds. The van der Waals surface area contributed by atoms with Crippen LogP contribution in [0.25, 0.3) is 0 Å². The van der Waals surface area contributed by atoms with Gasteiger partial charge in [0, 0.05) is 29.9 Å². The van der Waals surface area contributed by atoms with Crippen molar-refractivity contribution in [2.75, 3.05) is 5.32 Å². The zero-order valence-corrected chi connectivity index (χ0v) is 12.1. The third kappa shape index (κ3) is 3.82. The predicted octanol–water partition coefficient (Wildman–Crippen LogP) is 2.57. The Bertz CT molecular complexity index is 682. The van der Waals surface area contributed by atoms with Crippen molar-refractivity contribution >= 4 is 29.2 Å². The van der Waals surface area contributed by atoms with Crippen molar-refractivity contribution in [2.45, 2.75) is 19.9 Å². The number of aromatic nitrogens is 2. The van der Waals surface area contributed by atoms with E-state index in [2.05, 4.69) is 10.4 Å². The molecule has 0 spiro atoms. The van der Waals surface area contributed by atoms with Gasteiger partial charge in [-0.1, -0.05) is 17.7 Å². The number of hydrogen-bond donors (Lipinski definition) is 2. The first-order chi connectivity index (χ1) is 9.97. The van der Waals surface area contributed by atoms with Gasteiger partial charge < -0.3 is 10.4 Å². The van der Waals surface area contributed by atoms with Crippen molar-refractivity contribution in [3.05, 3.63) is 46.7 Å². The highest BCUT2D eigenvalue weighted by atomic mass is 35.5. The standard InChI is InChI=1S/C14H14ClN3O3/c1-9-10(15)3-2-4-11(9)16-13(19)6-8-18-7-5-12(17-18)14(20)21/h2-5,7H,6,8H2,1H3,(H,16,19)(H,20,21). The molecule has 0 bridgehead atoms. The Morgan fingerprint density at radius 3 is 2.81 bits per heavy atom. The summed E-state index contributed by atoms with van der Waals surface area (Å²) < 4.78 is 1.42. The summed E-state index contributed by atoms with van der Waals surface area (Å²) in [5.74, 6) is -1.28. The Hall–Kier alpha value is -2.34. The van der Waals surface area contributed by atoms with E-state index < -0.39 is 5.97 Å². The number of aryl methyl sites for hydroxylation is 1. The number of aromatic carboxylic acids is 1. The smallest absolute Gasteiger partial charge is 0.356 e.